The monoisotopic (exact) mass is 422 g/mol. The third-order valence-electron chi connectivity index (χ3n) is 5.54. The molecule has 2 atom stereocenters. The van der Waals surface area contributed by atoms with Crippen LogP contribution in [0.2, 0.25) is 0 Å². The molecule has 4 rings (SSSR count). The van der Waals surface area contributed by atoms with Crippen molar-refractivity contribution in [3.63, 3.8) is 0 Å². The number of hydrogen-bond donors (Lipinski definition) is 1. The SMILES string of the molecule is Cc1ccc(-c2cc(C(=O)NC(C)CN3CCCC(F)C3)cc(-n3cnnn3)c2)cc1. The van der Waals surface area contributed by atoms with E-state index in [1.165, 1.54) is 16.6 Å². The van der Waals surface area contributed by atoms with E-state index >= 15 is 0 Å². The first-order valence-corrected chi connectivity index (χ1v) is 10.6. The second kappa shape index (κ2) is 9.34. The number of alkyl halides is 1. The number of carbonyl (C=O) groups excluding carboxylic acids is 1. The zero-order valence-corrected chi connectivity index (χ0v) is 17.8. The summed E-state index contributed by atoms with van der Waals surface area (Å²) >= 11 is 0. The second-order valence-corrected chi connectivity index (χ2v) is 8.26. The van der Waals surface area contributed by atoms with Crippen LogP contribution in [0.5, 0.6) is 0 Å². The van der Waals surface area contributed by atoms with Gasteiger partial charge in [0.2, 0.25) is 0 Å². The number of piperidine rings is 1. The number of benzene rings is 2. The fourth-order valence-electron chi connectivity index (χ4n) is 3.97. The highest BCUT2D eigenvalue weighted by Crippen LogP contribution is 2.25. The Labute approximate surface area is 181 Å². The van der Waals surface area contributed by atoms with Gasteiger partial charge in [-0.1, -0.05) is 29.8 Å². The average Bonchev–Trinajstić information content (AvgIpc) is 3.29. The third kappa shape index (κ3) is 5.32. The Morgan fingerprint density at radius 3 is 2.74 bits per heavy atom. The van der Waals surface area contributed by atoms with Crippen LogP contribution < -0.4 is 5.32 Å². The van der Waals surface area contributed by atoms with Crippen molar-refractivity contribution in [1.82, 2.24) is 30.4 Å². The molecule has 0 spiro atoms. The number of halogens is 1. The van der Waals surface area contributed by atoms with Crippen LogP contribution in [0.25, 0.3) is 16.8 Å². The molecule has 1 aliphatic rings. The summed E-state index contributed by atoms with van der Waals surface area (Å²) in [5.41, 5.74) is 4.31. The lowest BCUT2D eigenvalue weighted by atomic mass is 10.0. The Morgan fingerprint density at radius 2 is 2.03 bits per heavy atom. The van der Waals surface area contributed by atoms with Gasteiger partial charge in [-0.15, -0.1) is 5.10 Å². The van der Waals surface area contributed by atoms with E-state index in [2.05, 4.69) is 25.7 Å². The van der Waals surface area contributed by atoms with Crippen molar-refractivity contribution < 1.29 is 9.18 Å². The van der Waals surface area contributed by atoms with Gasteiger partial charge in [0.15, 0.2) is 0 Å². The summed E-state index contributed by atoms with van der Waals surface area (Å²) in [5, 5.41) is 14.4. The molecular weight excluding hydrogens is 395 g/mol. The summed E-state index contributed by atoms with van der Waals surface area (Å²) in [4.78, 5) is 15.1. The molecule has 1 fully saturated rings. The van der Waals surface area contributed by atoms with E-state index in [9.17, 15) is 9.18 Å². The zero-order valence-electron chi connectivity index (χ0n) is 17.8. The van der Waals surface area contributed by atoms with Crippen LogP contribution in [-0.4, -0.2) is 62.9 Å². The van der Waals surface area contributed by atoms with Gasteiger partial charge in [0.05, 0.1) is 5.69 Å². The van der Waals surface area contributed by atoms with Gasteiger partial charge in [-0.25, -0.2) is 9.07 Å². The van der Waals surface area contributed by atoms with Crippen LogP contribution in [0.3, 0.4) is 0 Å². The summed E-state index contributed by atoms with van der Waals surface area (Å²) < 4.78 is 15.2. The molecule has 1 aromatic heterocycles. The Kier molecular flexibility index (Phi) is 6.36. The summed E-state index contributed by atoms with van der Waals surface area (Å²) in [6.07, 6.45) is 2.21. The lowest BCUT2D eigenvalue weighted by Gasteiger charge is -2.31. The smallest absolute Gasteiger partial charge is 0.251 e. The highest BCUT2D eigenvalue weighted by atomic mass is 19.1. The molecule has 1 amide bonds. The van der Waals surface area contributed by atoms with E-state index in [1.807, 2.05) is 50.2 Å². The van der Waals surface area contributed by atoms with Gasteiger partial charge in [-0.05, 0) is 73.0 Å². The number of nitrogens with zero attached hydrogens (tertiary/aromatic N) is 5. The number of rotatable bonds is 6. The molecule has 0 radical (unpaired) electrons. The normalized spacial score (nSPS) is 18.0. The number of carbonyl (C=O) groups is 1. The van der Waals surface area contributed by atoms with Crippen LogP contribution in [0, 0.1) is 6.92 Å². The van der Waals surface area contributed by atoms with Gasteiger partial charge in [0.25, 0.3) is 5.91 Å². The van der Waals surface area contributed by atoms with Crippen LogP contribution in [0.4, 0.5) is 4.39 Å². The molecule has 7 nitrogen and oxygen atoms in total. The predicted molar refractivity (Wildman–Crippen MR) is 117 cm³/mol. The van der Waals surface area contributed by atoms with Gasteiger partial charge in [-0.2, -0.15) is 0 Å². The number of likely N-dealkylation sites (tertiary alicyclic amines) is 1. The minimum absolute atomic E-state index is 0.0997. The predicted octanol–water partition coefficient (Wildman–Crippen LogP) is 3.19. The van der Waals surface area contributed by atoms with Crippen molar-refractivity contribution in [2.45, 2.75) is 38.9 Å². The Bertz CT molecular complexity index is 1020. The van der Waals surface area contributed by atoms with E-state index in [-0.39, 0.29) is 11.9 Å². The van der Waals surface area contributed by atoms with Crippen LogP contribution in [-0.2, 0) is 0 Å². The maximum absolute atomic E-state index is 13.7. The molecule has 1 aliphatic heterocycles. The number of tetrazole rings is 1. The second-order valence-electron chi connectivity index (χ2n) is 8.26. The number of aryl methyl sites for hydroxylation is 1. The summed E-state index contributed by atoms with van der Waals surface area (Å²) in [5.74, 6) is -0.176. The van der Waals surface area contributed by atoms with E-state index in [1.54, 1.807) is 6.07 Å². The molecule has 2 heterocycles. The molecule has 1 saturated heterocycles. The molecule has 2 aromatic carbocycles. The average molecular weight is 423 g/mol. The number of hydrogen-bond acceptors (Lipinski definition) is 5. The maximum Gasteiger partial charge on any atom is 0.251 e. The van der Waals surface area contributed by atoms with Crippen molar-refractivity contribution in [3.05, 3.63) is 59.9 Å². The van der Waals surface area contributed by atoms with E-state index in [0.29, 0.717) is 30.8 Å². The van der Waals surface area contributed by atoms with Gasteiger partial charge < -0.3 is 5.32 Å². The molecule has 2 unspecified atom stereocenters. The van der Waals surface area contributed by atoms with Crippen molar-refractivity contribution in [1.29, 1.82) is 0 Å². The Balaban J connectivity index is 1.56. The van der Waals surface area contributed by atoms with Crippen LogP contribution in [0.1, 0.15) is 35.7 Å². The lowest BCUT2D eigenvalue weighted by molar-refractivity contribution is 0.0908. The fraction of sp³-hybridized carbons (Fsp3) is 0.391. The molecule has 3 aromatic rings. The first kappa shape index (κ1) is 21.1. The minimum atomic E-state index is -0.776. The lowest BCUT2D eigenvalue weighted by Crippen LogP contribution is -2.46. The van der Waals surface area contributed by atoms with Gasteiger partial charge in [0.1, 0.15) is 12.5 Å². The molecule has 31 heavy (non-hydrogen) atoms. The fourth-order valence-corrected chi connectivity index (χ4v) is 3.97. The minimum Gasteiger partial charge on any atom is -0.348 e. The third-order valence-corrected chi connectivity index (χ3v) is 5.54. The molecule has 8 heteroatoms. The summed E-state index contributed by atoms with van der Waals surface area (Å²) in [6.45, 7) is 5.92. The van der Waals surface area contributed by atoms with E-state index in [0.717, 1.165) is 24.1 Å². The standard InChI is InChI=1S/C23H27FN6O/c1-16-5-7-18(8-6-16)19-10-20(12-22(11-19)30-15-25-27-28-30)23(31)26-17(2)13-29-9-3-4-21(24)14-29/h5-8,10-12,15,17,21H,3-4,9,13-14H2,1-2H3,(H,26,31). The quantitative estimate of drug-likeness (QED) is 0.660. The van der Waals surface area contributed by atoms with Crippen LogP contribution >= 0.6 is 0 Å². The summed E-state index contributed by atoms with van der Waals surface area (Å²) in [6, 6.07) is 13.6. The molecular formula is C23H27FN6O. The molecule has 0 aliphatic carbocycles. The highest BCUT2D eigenvalue weighted by molar-refractivity contribution is 5.96. The maximum atomic E-state index is 13.7. The van der Waals surface area contributed by atoms with E-state index in [4.69, 9.17) is 0 Å². The van der Waals surface area contributed by atoms with Crippen molar-refractivity contribution in [2.24, 2.45) is 0 Å². The van der Waals surface area contributed by atoms with Crippen molar-refractivity contribution in [2.75, 3.05) is 19.6 Å². The summed E-state index contributed by atoms with van der Waals surface area (Å²) in [7, 11) is 0. The Hall–Kier alpha value is -3.13. The zero-order chi connectivity index (χ0) is 21.8. The Morgan fingerprint density at radius 1 is 1.23 bits per heavy atom. The molecule has 0 saturated carbocycles. The largest absolute Gasteiger partial charge is 0.348 e. The van der Waals surface area contributed by atoms with Gasteiger partial charge in [-0.3, -0.25) is 9.69 Å². The van der Waals surface area contributed by atoms with Crippen molar-refractivity contribution in [3.8, 4) is 16.8 Å². The topological polar surface area (TPSA) is 75.9 Å². The van der Waals surface area contributed by atoms with Gasteiger partial charge in [0, 0.05) is 24.7 Å². The first-order chi connectivity index (χ1) is 15.0. The number of amides is 1. The number of nitrogens with one attached hydrogen (secondary N) is 1. The number of aromatic nitrogens is 4. The first-order valence-electron chi connectivity index (χ1n) is 10.6. The molecule has 162 valence electrons. The molecule has 0 bridgehead atoms. The highest BCUT2D eigenvalue weighted by Gasteiger charge is 2.21. The molecule has 1 N–H and O–H groups in total. The van der Waals surface area contributed by atoms with E-state index < -0.39 is 6.17 Å². The van der Waals surface area contributed by atoms with Gasteiger partial charge >= 0.3 is 0 Å². The van der Waals surface area contributed by atoms with Crippen molar-refractivity contribution >= 4 is 5.91 Å². The van der Waals surface area contributed by atoms with Crippen LogP contribution in [0.15, 0.2) is 48.8 Å².